The highest BCUT2D eigenvalue weighted by Crippen LogP contribution is 2.87. The molecule has 1 aliphatic heterocycles. The molecule has 0 unspecified atom stereocenters. The van der Waals surface area contributed by atoms with E-state index in [1.54, 1.807) is 17.7 Å². The lowest BCUT2D eigenvalue weighted by Gasteiger charge is -2.54. The van der Waals surface area contributed by atoms with Gasteiger partial charge in [0.1, 0.15) is 11.2 Å². The van der Waals surface area contributed by atoms with Gasteiger partial charge in [0.2, 0.25) is 0 Å². The lowest BCUT2D eigenvalue weighted by Crippen LogP contribution is -2.58. The van der Waals surface area contributed by atoms with Crippen LogP contribution in [0.1, 0.15) is 39.5 Å². The summed E-state index contributed by atoms with van der Waals surface area (Å²) in [7, 11) is 3.00. The Hall–Kier alpha value is -10.2. The number of anilines is 1. The first-order valence-electron chi connectivity index (χ1n) is 28.6. The molecule has 0 saturated heterocycles. The van der Waals surface area contributed by atoms with Gasteiger partial charge in [-0.25, -0.2) is 9.59 Å². The summed E-state index contributed by atoms with van der Waals surface area (Å²) in [6.45, 7) is 1.62. The third kappa shape index (κ3) is 1.78. The van der Waals surface area contributed by atoms with Crippen LogP contribution in [-0.2, 0) is 30.0 Å². The fourth-order valence-corrected chi connectivity index (χ4v) is 26.3. The zero-order valence-corrected chi connectivity index (χ0v) is 41.3. The van der Waals surface area contributed by atoms with Crippen molar-refractivity contribution < 1.29 is 23.9 Å². The number of ether oxygens (including phenoxy) is 2. The van der Waals surface area contributed by atoms with Crippen LogP contribution in [-0.4, -0.2) is 31.9 Å². The molecule has 0 saturated carbocycles. The monoisotopic (exact) mass is 995 g/mol. The molecule has 0 bridgehead atoms. The molecule has 0 N–H and O–H groups in total. The molecule has 29 aromatic carbocycles. The van der Waals surface area contributed by atoms with Gasteiger partial charge in [0.05, 0.1) is 25.2 Å². The SMILES string of the molecule is COC(=O)C1=C(C(=O)OC)C23c4c5c6c7c8c9c(c%10c%11c2c2c4c4c%12c5c5c6c6c8c8c%13c9c9c%10c%10c%11c%11c2c2c4c4c%12c%12c5c5c6c8c6c8c%13c9c9c%10c%10c%11c2c2c4c4c%12c5c6c5c8c9c%10c2c45)C73N1c1ccc(C(C)=O)cc1. The Kier molecular flexibility index (Phi) is 2.98. The van der Waals surface area contributed by atoms with E-state index in [2.05, 4.69) is 17.0 Å². The maximum atomic E-state index is 16.5. The number of hydrogen-bond donors (Lipinski definition) is 0. The normalized spacial score (nSPS) is 21.1. The lowest BCUT2D eigenvalue weighted by molar-refractivity contribution is -0.139. The van der Waals surface area contributed by atoms with Crippen molar-refractivity contribution >= 4 is 314 Å². The molecule has 0 amide bonds. The van der Waals surface area contributed by atoms with E-state index in [0.717, 1.165) is 5.69 Å². The fourth-order valence-electron chi connectivity index (χ4n) is 26.3. The third-order valence-electron chi connectivity index (χ3n) is 26.7. The van der Waals surface area contributed by atoms with E-state index in [9.17, 15) is 4.79 Å². The topological polar surface area (TPSA) is 72.9 Å². The number of ketones is 1. The fraction of sp³-hybridized carbons (Fsp3) is 0.0676. The van der Waals surface area contributed by atoms with Gasteiger partial charge in [0.15, 0.2) is 5.78 Å². The highest BCUT2D eigenvalue weighted by atomic mass is 16.5. The van der Waals surface area contributed by atoms with Crippen LogP contribution in [0.4, 0.5) is 5.69 Å². The van der Waals surface area contributed by atoms with Gasteiger partial charge in [-0.05, 0) is 333 Å². The average molecular weight is 996 g/mol. The summed E-state index contributed by atoms with van der Waals surface area (Å²) in [5.41, 5.74) is 4.39. The predicted octanol–water partition coefficient (Wildman–Crippen LogP) is 17.6. The van der Waals surface area contributed by atoms with Gasteiger partial charge in [-0.15, -0.1) is 0 Å². The standard InChI is InChI=1S/C74H13NO5/c1-8(76)9-4-6-10(7-5-9)75-70(72(78)80-3)69(71(77)79-2)73-65-57-49-39-29-21-13-11-12-15-19-17(13)25-33-27(19)37-31-23(15)24-16(12)20-18-14(11)22(21)30-36-26(18)34-28(20)38-32(24)42-41(31)53-47(37)55-45(33)51(43(49)35(25)29)59(65)61(55)67-63(53)64-54(42)48(38)56-46(34)52-44(36)50(40(30)39)58(57)66(73)60(52)62(56)68(64)74(67,73)75/h4-7H,1-3H3. The number of esters is 2. The molecule has 80 heavy (non-hydrogen) atoms. The van der Waals surface area contributed by atoms with E-state index in [4.69, 9.17) is 9.47 Å². The molecule has 5 aliphatic rings. The Labute approximate surface area is 436 Å². The molecule has 2 spiro atoms. The molecule has 0 fully saturated rings. The summed E-state index contributed by atoms with van der Waals surface area (Å²) in [6.07, 6.45) is 0. The van der Waals surface area contributed by atoms with Crippen molar-refractivity contribution in [3.05, 3.63) is 63.4 Å². The number of hydrogen-bond acceptors (Lipinski definition) is 6. The van der Waals surface area contributed by atoms with Crippen molar-refractivity contribution in [3.8, 4) is 0 Å². The van der Waals surface area contributed by atoms with Crippen LogP contribution in [0.15, 0.2) is 35.5 Å². The molecule has 0 aromatic heterocycles. The van der Waals surface area contributed by atoms with Crippen LogP contribution in [0.25, 0.3) is 291 Å². The van der Waals surface area contributed by atoms with Crippen LogP contribution < -0.4 is 4.90 Å². The third-order valence-corrected chi connectivity index (χ3v) is 26.7. The highest BCUT2D eigenvalue weighted by molar-refractivity contribution is 6.82. The zero-order chi connectivity index (χ0) is 49.3. The Morgan fingerprint density at radius 3 is 0.725 bits per heavy atom. The van der Waals surface area contributed by atoms with Gasteiger partial charge in [-0.2, -0.15) is 0 Å². The van der Waals surface area contributed by atoms with E-state index in [-0.39, 0.29) is 11.5 Å². The van der Waals surface area contributed by atoms with E-state index in [0.29, 0.717) is 11.1 Å². The number of methoxy groups -OCH3 is 2. The highest BCUT2D eigenvalue weighted by Gasteiger charge is 2.79. The van der Waals surface area contributed by atoms with Crippen LogP contribution in [0, 0.1) is 0 Å². The van der Waals surface area contributed by atoms with Crippen molar-refractivity contribution in [2.24, 2.45) is 0 Å². The number of carbonyl (C=O) groups is 3. The quantitative estimate of drug-likeness (QED) is 0.0994. The number of Topliss-reactive ketones (excluding diaryl/α,β-unsaturated/α-hetero) is 1. The molecular formula is C74H13NO5. The molecule has 6 nitrogen and oxygen atoms in total. The number of carbonyl (C=O) groups excluding carboxylic acids is 3. The van der Waals surface area contributed by atoms with Gasteiger partial charge in [0, 0.05) is 22.4 Å². The van der Waals surface area contributed by atoms with Crippen molar-refractivity contribution in [1.82, 2.24) is 0 Å². The van der Waals surface area contributed by atoms with E-state index in [1.165, 1.54) is 317 Å². The summed E-state index contributed by atoms with van der Waals surface area (Å²) >= 11 is 0. The number of nitrogens with zero attached hydrogens (tertiary/aromatic N) is 1. The molecular weight excluding hydrogens is 983 g/mol. The maximum Gasteiger partial charge on any atom is 0.355 e. The Balaban J connectivity index is 1.10. The van der Waals surface area contributed by atoms with E-state index >= 15 is 9.59 Å². The van der Waals surface area contributed by atoms with Crippen LogP contribution >= 0.6 is 0 Å². The maximum absolute atomic E-state index is 16.5. The minimum absolute atomic E-state index is 0.0262. The second kappa shape index (κ2) is 7.47. The van der Waals surface area contributed by atoms with Gasteiger partial charge >= 0.3 is 11.9 Å². The van der Waals surface area contributed by atoms with Crippen LogP contribution in [0.2, 0.25) is 0 Å². The second-order valence-corrected chi connectivity index (χ2v) is 27.4. The van der Waals surface area contributed by atoms with Crippen LogP contribution in [0.3, 0.4) is 0 Å². The zero-order valence-electron chi connectivity index (χ0n) is 41.3. The van der Waals surface area contributed by atoms with Crippen molar-refractivity contribution in [1.29, 1.82) is 0 Å². The largest absolute Gasteiger partial charge is 0.466 e. The van der Waals surface area contributed by atoms with E-state index in [1.807, 2.05) is 12.1 Å². The average Bonchev–Trinajstić information content (AvgIpc) is 1.41. The smallest absolute Gasteiger partial charge is 0.355 e. The summed E-state index contributed by atoms with van der Waals surface area (Å²) < 4.78 is 12.5. The van der Waals surface area contributed by atoms with Crippen molar-refractivity contribution in [2.45, 2.75) is 17.9 Å². The molecule has 34 rings (SSSR count). The minimum Gasteiger partial charge on any atom is -0.466 e. The molecule has 344 valence electrons. The Morgan fingerprint density at radius 2 is 0.512 bits per heavy atom. The van der Waals surface area contributed by atoms with Crippen molar-refractivity contribution in [3.63, 3.8) is 0 Å². The molecule has 0 radical (unpaired) electrons. The second-order valence-electron chi connectivity index (χ2n) is 27.4. The van der Waals surface area contributed by atoms with Crippen LogP contribution in [0.5, 0.6) is 0 Å². The molecule has 1 heterocycles. The van der Waals surface area contributed by atoms with Crippen molar-refractivity contribution in [2.75, 3.05) is 19.1 Å². The van der Waals surface area contributed by atoms with Gasteiger partial charge in [-0.1, -0.05) is 0 Å². The summed E-state index contributed by atoms with van der Waals surface area (Å²) in [6, 6.07) is 7.97. The van der Waals surface area contributed by atoms with E-state index < -0.39 is 22.9 Å². The number of benzene rings is 19. The first-order valence-corrected chi connectivity index (χ1v) is 28.6. The summed E-state index contributed by atoms with van der Waals surface area (Å²) in [5, 5.41) is 78.1. The summed E-state index contributed by atoms with van der Waals surface area (Å²) in [4.78, 5) is 48.3. The van der Waals surface area contributed by atoms with Gasteiger partial charge in [0.25, 0.3) is 0 Å². The molecule has 29 aromatic rings. The van der Waals surface area contributed by atoms with Gasteiger partial charge in [-0.3, -0.25) is 4.79 Å². The molecule has 6 heteroatoms. The predicted molar refractivity (Wildman–Crippen MR) is 324 cm³/mol. The lowest BCUT2D eigenvalue weighted by atomic mass is 9.51. The number of rotatable bonds is 4. The Morgan fingerprint density at radius 1 is 0.300 bits per heavy atom. The van der Waals surface area contributed by atoms with Gasteiger partial charge < -0.3 is 14.4 Å². The Bertz CT molecular complexity index is 7790. The minimum atomic E-state index is -1.28. The summed E-state index contributed by atoms with van der Waals surface area (Å²) in [5.74, 6) is -1.08. The first kappa shape index (κ1) is 31.9. The molecule has 4 aliphatic carbocycles. The molecule has 0 atom stereocenters. The first-order chi connectivity index (χ1) is 39.5.